The summed E-state index contributed by atoms with van der Waals surface area (Å²) in [6.45, 7) is 3.77. The van der Waals surface area contributed by atoms with E-state index in [4.69, 9.17) is 9.72 Å². The van der Waals surface area contributed by atoms with Crippen molar-refractivity contribution in [1.82, 2.24) is 29.8 Å². The summed E-state index contributed by atoms with van der Waals surface area (Å²) in [5.41, 5.74) is 3.69. The number of aromatic amines is 1. The minimum Gasteiger partial charge on any atom is -0.379 e. The second-order valence-electron chi connectivity index (χ2n) is 8.85. The molecule has 33 heavy (non-hydrogen) atoms. The Morgan fingerprint density at radius 3 is 2.73 bits per heavy atom. The topological polar surface area (TPSA) is 91.8 Å². The van der Waals surface area contributed by atoms with Crippen LogP contribution in [0.3, 0.4) is 0 Å². The van der Waals surface area contributed by atoms with Gasteiger partial charge in [0.05, 0.1) is 36.0 Å². The number of nitrogens with zero attached hydrogens (tertiary/aromatic N) is 5. The lowest BCUT2D eigenvalue weighted by atomic mass is 9.90. The number of aromatic nitrogens is 5. The van der Waals surface area contributed by atoms with Crippen LogP contribution in [0.15, 0.2) is 36.9 Å². The standard InChI is InChI=1S/C24H26FN7O/c25-16-11-15(12-26-13-16)19-5-6-20-22(30-19)21-23(27-14-28-24(21)31-20)29-17-1-3-18(4-2-17)32-7-9-33-10-8-32/h5-6,11-14,17-18H,1-4,7-10H2,(H2,27,28,29,31). The summed E-state index contributed by atoms with van der Waals surface area (Å²) in [6.07, 6.45) is 8.94. The van der Waals surface area contributed by atoms with E-state index in [1.165, 1.54) is 25.1 Å². The molecule has 1 aliphatic carbocycles. The molecule has 0 aromatic carbocycles. The first-order valence-electron chi connectivity index (χ1n) is 11.6. The van der Waals surface area contributed by atoms with Gasteiger partial charge < -0.3 is 15.0 Å². The van der Waals surface area contributed by atoms with Crippen molar-refractivity contribution in [2.24, 2.45) is 0 Å². The van der Waals surface area contributed by atoms with Crippen LogP contribution in [0.4, 0.5) is 10.2 Å². The highest BCUT2D eigenvalue weighted by molar-refractivity contribution is 6.09. The minimum atomic E-state index is -0.383. The predicted octanol–water partition coefficient (Wildman–Crippen LogP) is 3.76. The van der Waals surface area contributed by atoms with Gasteiger partial charge in [0.15, 0.2) is 0 Å². The molecular weight excluding hydrogens is 421 g/mol. The first-order valence-corrected chi connectivity index (χ1v) is 11.6. The molecule has 8 nitrogen and oxygen atoms in total. The molecule has 1 saturated heterocycles. The molecule has 6 rings (SSSR count). The molecule has 1 saturated carbocycles. The molecular formula is C24H26FN7O. The number of hydrogen-bond donors (Lipinski definition) is 2. The van der Waals surface area contributed by atoms with Gasteiger partial charge >= 0.3 is 0 Å². The smallest absolute Gasteiger partial charge is 0.145 e. The van der Waals surface area contributed by atoms with Crippen molar-refractivity contribution in [1.29, 1.82) is 0 Å². The van der Waals surface area contributed by atoms with E-state index in [-0.39, 0.29) is 5.82 Å². The largest absolute Gasteiger partial charge is 0.379 e. The number of rotatable bonds is 4. The maximum atomic E-state index is 13.7. The van der Waals surface area contributed by atoms with Crippen LogP contribution in [0.5, 0.6) is 0 Å². The summed E-state index contributed by atoms with van der Waals surface area (Å²) >= 11 is 0. The fraction of sp³-hybridized carbons (Fsp3) is 0.417. The zero-order chi connectivity index (χ0) is 22.2. The number of H-pyrrole nitrogens is 1. The summed E-state index contributed by atoms with van der Waals surface area (Å²) in [5, 5.41) is 4.54. The van der Waals surface area contributed by atoms with Gasteiger partial charge in [0.1, 0.15) is 29.1 Å². The Morgan fingerprint density at radius 1 is 1.06 bits per heavy atom. The van der Waals surface area contributed by atoms with E-state index >= 15 is 0 Å². The number of halogens is 1. The average Bonchev–Trinajstić information content (AvgIpc) is 3.24. The molecule has 1 aliphatic heterocycles. The van der Waals surface area contributed by atoms with Crippen LogP contribution in [-0.4, -0.2) is 68.2 Å². The van der Waals surface area contributed by atoms with Gasteiger partial charge in [-0.05, 0) is 43.9 Å². The molecule has 2 aliphatic rings. The van der Waals surface area contributed by atoms with E-state index in [1.807, 2.05) is 12.1 Å². The van der Waals surface area contributed by atoms with Crippen LogP contribution in [0.2, 0.25) is 0 Å². The number of ether oxygens (including phenoxy) is 1. The monoisotopic (exact) mass is 447 g/mol. The van der Waals surface area contributed by atoms with Crippen molar-refractivity contribution in [3.05, 3.63) is 42.7 Å². The lowest BCUT2D eigenvalue weighted by Gasteiger charge is -2.39. The van der Waals surface area contributed by atoms with Gasteiger partial charge in [-0.25, -0.2) is 19.3 Å². The Labute approximate surface area is 190 Å². The summed E-state index contributed by atoms with van der Waals surface area (Å²) in [7, 11) is 0. The zero-order valence-corrected chi connectivity index (χ0v) is 18.3. The Kier molecular flexibility index (Phi) is 5.35. The van der Waals surface area contributed by atoms with Gasteiger partial charge in [-0.2, -0.15) is 0 Å². The van der Waals surface area contributed by atoms with Crippen molar-refractivity contribution < 1.29 is 9.13 Å². The molecule has 2 N–H and O–H groups in total. The third kappa shape index (κ3) is 4.02. The zero-order valence-electron chi connectivity index (χ0n) is 18.3. The van der Waals surface area contributed by atoms with Crippen LogP contribution in [0, 0.1) is 5.82 Å². The molecule has 2 fully saturated rings. The molecule has 0 spiro atoms. The molecule has 170 valence electrons. The average molecular weight is 448 g/mol. The first kappa shape index (κ1) is 20.4. The minimum absolute atomic E-state index is 0.362. The van der Waals surface area contributed by atoms with E-state index < -0.39 is 0 Å². The number of fused-ring (bicyclic) bond motifs is 3. The predicted molar refractivity (Wildman–Crippen MR) is 124 cm³/mol. The molecule has 0 bridgehead atoms. The lowest BCUT2D eigenvalue weighted by molar-refractivity contribution is 0.00791. The van der Waals surface area contributed by atoms with Gasteiger partial charge in [-0.3, -0.25) is 9.88 Å². The third-order valence-electron chi connectivity index (χ3n) is 6.83. The molecule has 0 radical (unpaired) electrons. The Hall–Kier alpha value is -3.17. The highest BCUT2D eigenvalue weighted by Crippen LogP contribution is 2.32. The summed E-state index contributed by atoms with van der Waals surface area (Å²) in [4.78, 5) is 23.7. The third-order valence-corrected chi connectivity index (χ3v) is 6.83. The highest BCUT2D eigenvalue weighted by atomic mass is 19.1. The van der Waals surface area contributed by atoms with Crippen LogP contribution in [0.1, 0.15) is 25.7 Å². The lowest BCUT2D eigenvalue weighted by Crippen LogP contribution is -2.46. The quantitative estimate of drug-likeness (QED) is 0.492. The van der Waals surface area contributed by atoms with Crippen LogP contribution in [0.25, 0.3) is 33.3 Å². The van der Waals surface area contributed by atoms with Gasteiger partial charge in [0.2, 0.25) is 0 Å². The van der Waals surface area contributed by atoms with Gasteiger partial charge in [0.25, 0.3) is 0 Å². The maximum absolute atomic E-state index is 13.7. The second-order valence-corrected chi connectivity index (χ2v) is 8.85. The number of morpholine rings is 1. The molecule has 5 heterocycles. The van der Waals surface area contributed by atoms with Gasteiger partial charge in [-0.1, -0.05) is 0 Å². The van der Waals surface area contributed by atoms with Crippen molar-refractivity contribution in [2.45, 2.75) is 37.8 Å². The number of nitrogens with one attached hydrogen (secondary N) is 2. The van der Waals surface area contributed by atoms with Crippen LogP contribution in [-0.2, 0) is 4.74 Å². The van der Waals surface area contributed by atoms with Crippen molar-refractivity contribution in [3.63, 3.8) is 0 Å². The molecule has 4 aromatic rings. The molecule has 9 heteroatoms. The second kappa shape index (κ2) is 8.64. The highest BCUT2D eigenvalue weighted by Gasteiger charge is 2.27. The molecule has 0 atom stereocenters. The van der Waals surface area contributed by atoms with E-state index in [1.54, 1.807) is 12.5 Å². The van der Waals surface area contributed by atoms with E-state index in [2.05, 4.69) is 30.2 Å². The maximum Gasteiger partial charge on any atom is 0.145 e. The molecule has 0 unspecified atom stereocenters. The van der Waals surface area contributed by atoms with Crippen molar-refractivity contribution >= 4 is 27.9 Å². The van der Waals surface area contributed by atoms with E-state index in [0.29, 0.717) is 23.3 Å². The summed E-state index contributed by atoms with van der Waals surface area (Å²) in [6, 6.07) is 6.26. The normalized spacial score (nSPS) is 22.1. The number of pyridine rings is 2. The Morgan fingerprint density at radius 2 is 1.91 bits per heavy atom. The number of anilines is 1. The molecule has 4 aromatic heterocycles. The SMILES string of the molecule is Fc1cncc(-c2ccc3[nH]c4ncnc(NC5CCC(N6CCOCC6)CC5)c4c3n2)c1. The fourth-order valence-electron chi connectivity index (χ4n) is 5.13. The molecule has 0 amide bonds. The van der Waals surface area contributed by atoms with E-state index in [0.717, 1.165) is 67.0 Å². The fourth-order valence-corrected chi connectivity index (χ4v) is 5.13. The Bertz CT molecular complexity index is 1280. The van der Waals surface area contributed by atoms with Crippen molar-refractivity contribution in [3.8, 4) is 11.3 Å². The first-order chi connectivity index (χ1) is 16.2. The number of hydrogen-bond acceptors (Lipinski definition) is 7. The van der Waals surface area contributed by atoms with E-state index in [9.17, 15) is 4.39 Å². The van der Waals surface area contributed by atoms with Gasteiger partial charge in [-0.15, -0.1) is 0 Å². The van der Waals surface area contributed by atoms with Crippen LogP contribution < -0.4 is 5.32 Å². The van der Waals surface area contributed by atoms with Crippen LogP contribution >= 0.6 is 0 Å². The Balaban J connectivity index is 1.27. The summed E-state index contributed by atoms with van der Waals surface area (Å²) < 4.78 is 19.2. The van der Waals surface area contributed by atoms with Gasteiger partial charge in [0, 0.05) is 36.9 Å². The summed E-state index contributed by atoms with van der Waals surface area (Å²) in [5.74, 6) is 0.412. The van der Waals surface area contributed by atoms with Crippen molar-refractivity contribution in [2.75, 3.05) is 31.6 Å².